The first kappa shape index (κ1) is 20.1. The van der Waals surface area contributed by atoms with Crippen LogP contribution in [0, 0.1) is 0 Å². The van der Waals surface area contributed by atoms with Gasteiger partial charge >= 0.3 is 6.09 Å². The first-order valence-corrected chi connectivity index (χ1v) is 10.5. The summed E-state index contributed by atoms with van der Waals surface area (Å²) in [7, 11) is 2.19. The van der Waals surface area contributed by atoms with Crippen LogP contribution >= 0.6 is 0 Å². The average Bonchev–Trinajstić information content (AvgIpc) is 2.62. The Labute approximate surface area is 164 Å². The number of likely N-dealkylation sites (tertiary alicyclic amines) is 1. The Kier molecular flexibility index (Phi) is 6.40. The molecule has 2 aliphatic rings. The maximum absolute atomic E-state index is 13.0. The van der Waals surface area contributed by atoms with Crippen LogP contribution in [0.1, 0.15) is 83.7 Å². The molecule has 0 bridgehead atoms. The SMILES string of the molecule is CN1CCCC[C@@H]1c1ccc(N(C(=O)OC(C)(C)C)C2CCCCC2)nc1. The summed E-state index contributed by atoms with van der Waals surface area (Å²) < 4.78 is 5.71. The second-order valence-corrected chi connectivity index (χ2v) is 9.08. The summed E-state index contributed by atoms with van der Waals surface area (Å²) in [5.41, 5.74) is 0.739. The molecule has 1 aliphatic carbocycles. The Bertz CT molecular complexity index is 617. The van der Waals surface area contributed by atoms with Gasteiger partial charge in [-0.3, -0.25) is 9.80 Å². The van der Waals surface area contributed by atoms with Gasteiger partial charge in [0.2, 0.25) is 0 Å². The Morgan fingerprint density at radius 3 is 2.41 bits per heavy atom. The summed E-state index contributed by atoms with van der Waals surface area (Å²) in [6.07, 6.45) is 11.0. The van der Waals surface area contributed by atoms with Gasteiger partial charge in [-0.15, -0.1) is 0 Å². The minimum atomic E-state index is -0.505. The van der Waals surface area contributed by atoms with Gasteiger partial charge in [0.05, 0.1) is 0 Å². The molecule has 5 nitrogen and oxygen atoms in total. The summed E-state index contributed by atoms with van der Waals surface area (Å²) in [5, 5.41) is 0. The molecule has 2 fully saturated rings. The van der Waals surface area contributed by atoms with Crippen molar-refractivity contribution in [1.29, 1.82) is 0 Å². The van der Waals surface area contributed by atoms with E-state index in [1.807, 2.05) is 33.0 Å². The number of anilines is 1. The van der Waals surface area contributed by atoms with Crippen LogP contribution < -0.4 is 4.90 Å². The molecule has 2 heterocycles. The summed E-state index contributed by atoms with van der Waals surface area (Å²) >= 11 is 0. The number of rotatable bonds is 3. The van der Waals surface area contributed by atoms with Crippen LogP contribution in [0.15, 0.2) is 18.3 Å². The van der Waals surface area contributed by atoms with E-state index in [1.165, 1.54) is 31.2 Å². The highest BCUT2D eigenvalue weighted by Crippen LogP contribution is 2.32. The summed E-state index contributed by atoms with van der Waals surface area (Å²) in [6.45, 7) is 6.89. The van der Waals surface area contributed by atoms with Crippen molar-refractivity contribution in [2.75, 3.05) is 18.5 Å². The Morgan fingerprint density at radius 2 is 1.81 bits per heavy atom. The van der Waals surface area contributed by atoms with Crippen molar-refractivity contribution in [3.63, 3.8) is 0 Å². The van der Waals surface area contributed by atoms with Gasteiger partial charge in [0.1, 0.15) is 11.4 Å². The fraction of sp³-hybridized carbons (Fsp3) is 0.727. The predicted molar refractivity (Wildman–Crippen MR) is 109 cm³/mol. The molecular formula is C22H35N3O2. The van der Waals surface area contributed by atoms with Gasteiger partial charge in [0.25, 0.3) is 0 Å². The zero-order valence-corrected chi connectivity index (χ0v) is 17.4. The molecule has 0 aromatic carbocycles. The summed E-state index contributed by atoms with van der Waals surface area (Å²) in [4.78, 5) is 21.9. The second kappa shape index (κ2) is 8.59. The van der Waals surface area contributed by atoms with Crippen molar-refractivity contribution < 1.29 is 9.53 Å². The number of nitrogens with zero attached hydrogens (tertiary/aromatic N) is 3. The van der Waals surface area contributed by atoms with Gasteiger partial charge in [0.15, 0.2) is 0 Å². The van der Waals surface area contributed by atoms with Crippen molar-refractivity contribution in [1.82, 2.24) is 9.88 Å². The van der Waals surface area contributed by atoms with Crippen LogP contribution in [0.5, 0.6) is 0 Å². The third-order valence-electron chi connectivity index (χ3n) is 5.70. The van der Waals surface area contributed by atoms with E-state index in [-0.39, 0.29) is 12.1 Å². The number of hydrogen-bond acceptors (Lipinski definition) is 4. The number of pyridine rings is 1. The van der Waals surface area contributed by atoms with Crippen LogP contribution in [-0.4, -0.2) is 41.2 Å². The normalized spacial score (nSPS) is 22.4. The lowest BCUT2D eigenvalue weighted by Gasteiger charge is -2.35. The van der Waals surface area contributed by atoms with Gasteiger partial charge in [-0.1, -0.05) is 31.7 Å². The fourth-order valence-electron chi connectivity index (χ4n) is 4.31. The number of carbonyl (C=O) groups excluding carboxylic acids is 1. The summed E-state index contributed by atoms with van der Waals surface area (Å²) in [5.74, 6) is 0.721. The molecule has 0 unspecified atom stereocenters. The van der Waals surface area contributed by atoms with Gasteiger partial charge in [-0.05, 0) is 71.7 Å². The number of carbonyl (C=O) groups is 1. The largest absolute Gasteiger partial charge is 0.443 e. The Hall–Kier alpha value is -1.62. The van der Waals surface area contributed by atoms with Crippen molar-refractivity contribution in [3.05, 3.63) is 23.9 Å². The van der Waals surface area contributed by atoms with Crippen LogP contribution in [0.2, 0.25) is 0 Å². The highest BCUT2D eigenvalue weighted by atomic mass is 16.6. The lowest BCUT2D eigenvalue weighted by atomic mass is 9.94. The molecule has 0 spiro atoms. The van der Waals surface area contributed by atoms with Crippen LogP contribution in [0.3, 0.4) is 0 Å². The molecule has 0 radical (unpaired) electrons. The lowest BCUT2D eigenvalue weighted by molar-refractivity contribution is 0.0556. The van der Waals surface area contributed by atoms with Gasteiger partial charge in [-0.25, -0.2) is 9.78 Å². The molecule has 1 saturated heterocycles. The van der Waals surface area contributed by atoms with Crippen LogP contribution in [0.25, 0.3) is 0 Å². The van der Waals surface area contributed by atoms with Crippen LogP contribution in [0.4, 0.5) is 10.6 Å². The molecule has 5 heteroatoms. The second-order valence-electron chi connectivity index (χ2n) is 9.08. The third kappa shape index (κ3) is 5.22. The van der Waals surface area contributed by atoms with E-state index < -0.39 is 5.60 Å². The molecule has 3 rings (SSSR count). The van der Waals surface area contributed by atoms with Crippen molar-refractivity contribution in [3.8, 4) is 0 Å². The first-order valence-electron chi connectivity index (χ1n) is 10.5. The molecule has 0 N–H and O–H groups in total. The predicted octanol–water partition coefficient (Wildman–Crippen LogP) is 5.31. The van der Waals surface area contributed by atoms with Crippen molar-refractivity contribution in [2.45, 2.75) is 89.8 Å². The topological polar surface area (TPSA) is 45.7 Å². The van der Waals surface area contributed by atoms with E-state index in [4.69, 9.17) is 9.72 Å². The first-order chi connectivity index (χ1) is 12.8. The van der Waals surface area contributed by atoms with E-state index in [9.17, 15) is 4.79 Å². The average molecular weight is 374 g/mol. The van der Waals surface area contributed by atoms with E-state index in [1.54, 1.807) is 4.90 Å². The number of hydrogen-bond donors (Lipinski definition) is 0. The standard InChI is InChI=1S/C22H35N3O2/c1-22(2,3)27-21(26)25(18-10-6-5-7-11-18)20-14-13-17(16-23-20)19-12-8-9-15-24(19)4/h13-14,16,18-19H,5-12,15H2,1-4H3/t19-/m1/s1. The molecular weight excluding hydrogens is 338 g/mol. The molecule has 1 amide bonds. The zero-order valence-electron chi connectivity index (χ0n) is 17.4. The summed E-state index contributed by atoms with van der Waals surface area (Å²) in [6, 6.07) is 4.78. The number of aromatic nitrogens is 1. The molecule has 150 valence electrons. The highest BCUT2D eigenvalue weighted by molar-refractivity contribution is 5.87. The molecule has 1 saturated carbocycles. The lowest BCUT2D eigenvalue weighted by Crippen LogP contribution is -2.45. The Morgan fingerprint density at radius 1 is 1.11 bits per heavy atom. The van der Waals surface area contributed by atoms with Gasteiger partial charge < -0.3 is 4.74 Å². The van der Waals surface area contributed by atoms with E-state index in [0.29, 0.717) is 6.04 Å². The van der Waals surface area contributed by atoms with Crippen molar-refractivity contribution in [2.24, 2.45) is 0 Å². The Balaban J connectivity index is 1.81. The van der Waals surface area contributed by atoms with Gasteiger partial charge in [-0.2, -0.15) is 0 Å². The minimum Gasteiger partial charge on any atom is -0.443 e. The number of ether oxygens (including phenoxy) is 1. The molecule has 1 atom stereocenters. The minimum absolute atomic E-state index is 0.185. The zero-order chi connectivity index (χ0) is 19.4. The maximum atomic E-state index is 13.0. The number of piperidine rings is 1. The molecule has 1 aromatic rings. The molecule has 27 heavy (non-hydrogen) atoms. The maximum Gasteiger partial charge on any atom is 0.416 e. The third-order valence-corrected chi connectivity index (χ3v) is 5.70. The monoisotopic (exact) mass is 373 g/mol. The quantitative estimate of drug-likeness (QED) is 0.720. The van der Waals surface area contributed by atoms with Gasteiger partial charge in [0, 0.05) is 18.3 Å². The van der Waals surface area contributed by atoms with E-state index in [2.05, 4.69) is 18.0 Å². The van der Waals surface area contributed by atoms with E-state index >= 15 is 0 Å². The van der Waals surface area contributed by atoms with Crippen molar-refractivity contribution >= 4 is 11.9 Å². The van der Waals surface area contributed by atoms with Crippen LogP contribution in [-0.2, 0) is 4.74 Å². The molecule has 1 aromatic heterocycles. The number of amides is 1. The fourth-order valence-corrected chi connectivity index (χ4v) is 4.31. The molecule has 1 aliphatic heterocycles. The highest BCUT2D eigenvalue weighted by Gasteiger charge is 2.32. The van der Waals surface area contributed by atoms with E-state index in [0.717, 1.165) is 38.0 Å². The smallest absolute Gasteiger partial charge is 0.416 e.